The van der Waals surface area contributed by atoms with Crippen LogP contribution in [-0.4, -0.2) is 38.4 Å². The fraction of sp³-hybridized carbons (Fsp3) is 1.00. The van der Waals surface area contributed by atoms with Crippen LogP contribution in [0.3, 0.4) is 0 Å². The summed E-state index contributed by atoms with van der Waals surface area (Å²) in [6.45, 7) is 4.31. The van der Waals surface area contributed by atoms with E-state index < -0.39 is 0 Å². The molecule has 1 saturated carbocycles. The number of hydrogen-bond donors (Lipinski definition) is 2. The molecule has 0 bridgehead atoms. The Hall–Kier alpha value is -0.120. The third-order valence-electron chi connectivity index (χ3n) is 3.90. The van der Waals surface area contributed by atoms with Gasteiger partial charge in [-0.1, -0.05) is 0 Å². The van der Waals surface area contributed by atoms with E-state index in [-0.39, 0.29) is 0 Å². The molecule has 2 heterocycles. The highest BCUT2D eigenvalue weighted by Crippen LogP contribution is 2.53. The second-order valence-electron chi connectivity index (χ2n) is 4.75. The Kier molecular flexibility index (Phi) is 1.86. The lowest BCUT2D eigenvalue weighted by atomic mass is 9.95. The molecule has 1 unspecified atom stereocenters. The van der Waals surface area contributed by atoms with Crippen LogP contribution in [-0.2, 0) is 4.74 Å². The van der Waals surface area contributed by atoms with Crippen LogP contribution >= 0.6 is 0 Å². The lowest BCUT2D eigenvalue weighted by molar-refractivity contribution is 0.0533. The molecule has 3 nitrogen and oxygen atoms in total. The molecule has 2 N–H and O–H groups in total. The molecule has 3 aliphatic rings. The smallest absolute Gasteiger partial charge is 0.0471 e. The lowest BCUT2D eigenvalue weighted by Crippen LogP contribution is -2.56. The summed E-state index contributed by atoms with van der Waals surface area (Å²) in [7, 11) is 0. The van der Waals surface area contributed by atoms with E-state index in [0.29, 0.717) is 5.41 Å². The van der Waals surface area contributed by atoms with E-state index in [1.54, 1.807) is 0 Å². The third kappa shape index (κ3) is 1.39. The molecule has 1 spiro atoms. The van der Waals surface area contributed by atoms with Crippen LogP contribution in [0.4, 0.5) is 0 Å². The summed E-state index contributed by atoms with van der Waals surface area (Å²) in [4.78, 5) is 0. The van der Waals surface area contributed by atoms with Crippen LogP contribution in [0, 0.1) is 5.41 Å². The monoisotopic (exact) mass is 182 g/mol. The van der Waals surface area contributed by atoms with Gasteiger partial charge >= 0.3 is 0 Å². The van der Waals surface area contributed by atoms with Crippen molar-refractivity contribution in [1.29, 1.82) is 0 Å². The van der Waals surface area contributed by atoms with E-state index in [0.717, 1.165) is 25.3 Å². The first kappa shape index (κ1) is 8.21. The molecule has 13 heavy (non-hydrogen) atoms. The summed E-state index contributed by atoms with van der Waals surface area (Å²) in [6, 6.07) is 1.57. The molecule has 2 aliphatic heterocycles. The first-order valence-corrected chi connectivity index (χ1v) is 5.44. The van der Waals surface area contributed by atoms with Gasteiger partial charge < -0.3 is 15.4 Å². The van der Waals surface area contributed by atoms with Gasteiger partial charge in [0, 0.05) is 38.4 Å². The Morgan fingerprint density at radius 2 is 2.00 bits per heavy atom. The average molecular weight is 182 g/mol. The van der Waals surface area contributed by atoms with Crippen molar-refractivity contribution in [1.82, 2.24) is 10.6 Å². The van der Waals surface area contributed by atoms with Crippen LogP contribution in [0.1, 0.15) is 19.3 Å². The van der Waals surface area contributed by atoms with Gasteiger partial charge in [0.25, 0.3) is 0 Å². The van der Waals surface area contributed by atoms with Crippen LogP contribution in [0.25, 0.3) is 0 Å². The zero-order valence-corrected chi connectivity index (χ0v) is 8.01. The van der Waals surface area contributed by atoms with Crippen molar-refractivity contribution in [2.75, 3.05) is 26.3 Å². The standard InChI is InChI=1S/C10H18N2O/c1-3-13-4-2-10(1)5-9(10)12-8-6-11-7-8/h8-9,11-12H,1-7H2. The van der Waals surface area contributed by atoms with Gasteiger partial charge in [-0.25, -0.2) is 0 Å². The third-order valence-corrected chi connectivity index (χ3v) is 3.90. The average Bonchev–Trinajstić information content (AvgIpc) is 2.73. The molecule has 2 saturated heterocycles. The maximum absolute atomic E-state index is 5.40. The fourth-order valence-corrected chi connectivity index (χ4v) is 2.60. The minimum absolute atomic E-state index is 0.647. The topological polar surface area (TPSA) is 33.3 Å². The second kappa shape index (κ2) is 2.94. The largest absolute Gasteiger partial charge is 0.381 e. The maximum atomic E-state index is 5.40. The Bertz CT molecular complexity index is 197. The molecular formula is C10H18N2O. The van der Waals surface area contributed by atoms with Crippen molar-refractivity contribution in [2.45, 2.75) is 31.3 Å². The second-order valence-corrected chi connectivity index (χ2v) is 4.75. The van der Waals surface area contributed by atoms with Gasteiger partial charge in [0.1, 0.15) is 0 Å². The zero-order valence-electron chi connectivity index (χ0n) is 8.01. The molecule has 3 fully saturated rings. The molecule has 1 atom stereocenters. The van der Waals surface area contributed by atoms with Crippen LogP contribution in [0.15, 0.2) is 0 Å². The van der Waals surface area contributed by atoms with E-state index in [1.165, 1.54) is 32.4 Å². The molecule has 74 valence electrons. The number of rotatable bonds is 2. The molecule has 0 aromatic carbocycles. The van der Waals surface area contributed by atoms with E-state index >= 15 is 0 Å². The van der Waals surface area contributed by atoms with E-state index in [9.17, 15) is 0 Å². The van der Waals surface area contributed by atoms with Crippen molar-refractivity contribution in [2.24, 2.45) is 5.41 Å². The van der Waals surface area contributed by atoms with E-state index in [2.05, 4.69) is 10.6 Å². The Morgan fingerprint density at radius 3 is 2.62 bits per heavy atom. The van der Waals surface area contributed by atoms with Crippen LogP contribution < -0.4 is 10.6 Å². The predicted octanol–water partition coefficient (Wildman–Crippen LogP) is 0.117. The molecule has 3 rings (SSSR count). The van der Waals surface area contributed by atoms with Gasteiger partial charge in [0.2, 0.25) is 0 Å². The summed E-state index contributed by atoms with van der Waals surface area (Å²) in [5.74, 6) is 0. The van der Waals surface area contributed by atoms with Gasteiger partial charge in [0.15, 0.2) is 0 Å². The number of nitrogens with one attached hydrogen (secondary N) is 2. The van der Waals surface area contributed by atoms with Gasteiger partial charge in [0.05, 0.1) is 0 Å². The lowest BCUT2D eigenvalue weighted by Gasteiger charge is -2.30. The van der Waals surface area contributed by atoms with Gasteiger partial charge in [-0.2, -0.15) is 0 Å². The summed E-state index contributed by atoms with van der Waals surface area (Å²) < 4.78 is 5.40. The Balaban J connectivity index is 1.52. The normalized spacial score (nSPS) is 37.4. The highest BCUT2D eigenvalue weighted by atomic mass is 16.5. The van der Waals surface area contributed by atoms with Crippen molar-refractivity contribution in [3.8, 4) is 0 Å². The van der Waals surface area contributed by atoms with Crippen molar-refractivity contribution >= 4 is 0 Å². The maximum Gasteiger partial charge on any atom is 0.0471 e. The summed E-state index contributed by atoms with van der Waals surface area (Å²) in [5.41, 5.74) is 0.647. The summed E-state index contributed by atoms with van der Waals surface area (Å²) in [5, 5.41) is 7.03. The first-order valence-electron chi connectivity index (χ1n) is 5.44. The SMILES string of the molecule is C1CC2(CCO1)CC2NC1CNC1. The number of ether oxygens (including phenoxy) is 1. The van der Waals surface area contributed by atoms with Gasteiger partial charge in [-0.3, -0.25) is 0 Å². The quantitative estimate of drug-likeness (QED) is 0.636. The molecule has 3 heteroatoms. The minimum Gasteiger partial charge on any atom is -0.381 e. The summed E-state index contributed by atoms with van der Waals surface area (Å²) in [6.07, 6.45) is 3.96. The zero-order chi connectivity index (χ0) is 8.73. The molecule has 0 radical (unpaired) electrons. The minimum atomic E-state index is 0.647. The summed E-state index contributed by atoms with van der Waals surface area (Å²) >= 11 is 0. The van der Waals surface area contributed by atoms with E-state index in [1.807, 2.05) is 0 Å². The van der Waals surface area contributed by atoms with Crippen molar-refractivity contribution in [3.05, 3.63) is 0 Å². The Labute approximate surface area is 79.2 Å². The molecule has 0 aromatic heterocycles. The highest BCUT2D eigenvalue weighted by Gasteiger charge is 2.54. The molecule has 1 aliphatic carbocycles. The number of hydrogen-bond acceptors (Lipinski definition) is 3. The Morgan fingerprint density at radius 1 is 1.23 bits per heavy atom. The van der Waals surface area contributed by atoms with Crippen molar-refractivity contribution < 1.29 is 4.74 Å². The molecular weight excluding hydrogens is 164 g/mol. The molecule has 0 amide bonds. The van der Waals surface area contributed by atoms with Gasteiger partial charge in [-0.05, 0) is 24.7 Å². The molecule has 0 aromatic rings. The first-order chi connectivity index (χ1) is 6.39. The van der Waals surface area contributed by atoms with E-state index in [4.69, 9.17) is 4.74 Å². The van der Waals surface area contributed by atoms with Crippen molar-refractivity contribution in [3.63, 3.8) is 0 Å². The predicted molar refractivity (Wildman–Crippen MR) is 50.7 cm³/mol. The fourth-order valence-electron chi connectivity index (χ4n) is 2.60. The van der Waals surface area contributed by atoms with Crippen LogP contribution in [0.2, 0.25) is 0 Å². The highest BCUT2D eigenvalue weighted by molar-refractivity contribution is 5.10. The van der Waals surface area contributed by atoms with Crippen LogP contribution in [0.5, 0.6) is 0 Å². The van der Waals surface area contributed by atoms with Gasteiger partial charge in [-0.15, -0.1) is 0 Å².